The van der Waals surface area contributed by atoms with Crippen LogP contribution in [0.5, 0.6) is 5.75 Å². The number of aromatic amines is 1. The number of carbonyl (C=O) groups is 1. The van der Waals surface area contributed by atoms with E-state index in [2.05, 4.69) is 30.6 Å². The smallest absolute Gasteiger partial charge is 0.339 e. The number of pyridine rings is 2. The minimum Gasteiger partial charge on any atom is -0.487 e. The number of nitrogens with one attached hydrogen (secondary N) is 1. The van der Waals surface area contributed by atoms with Crippen molar-refractivity contribution in [1.29, 1.82) is 0 Å². The molecule has 30 heavy (non-hydrogen) atoms. The van der Waals surface area contributed by atoms with Crippen molar-refractivity contribution in [2.75, 3.05) is 7.11 Å². The van der Waals surface area contributed by atoms with E-state index in [9.17, 15) is 18.4 Å². The molecule has 9 heteroatoms. The average Bonchev–Trinajstić information content (AvgIpc) is 2.72. The van der Waals surface area contributed by atoms with Gasteiger partial charge < -0.3 is 14.5 Å². The lowest BCUT2D eigenvalue weighted by Crippen LogP contribution is -2.15. The summed E-state index contributed by atoms with van der Waals surface area (Å²) >= 11 is 3.22. The maximum atomic E-state index is 13.9. The second kappa shape index (κ2) is 9.17. The summed E-state index contributed by atoms with van der Waals surface area (Å²) in [5, 5.41) is 0. The topological polar surface area (TPSA) is 81.3 Å². The summed E-state index contributed by atoms with van der Waals surface area (Å²) in [5.41, 5.74) is 1.85. The lowest BCUT2D eigenvalue weighted by Gasteiger charge is -2.16. The van der Waals surface area contributed by atoms with Gasteiger partial charge in [0.15, 0.2) is 0 Å². The number of ether oxygens (including phenoxy) is 2. The summed E-state index contributed by atoms with van der Waals surface area (Å²) in [6.45, 7) is 1.51. The van der Waals surface area contributed by atoms with Crippen molar-refractivity contribution in [3.63, 3.8) is 0 Å². The summed E-state index contributed by atoms with van der Waals surface area (Å²) in [5.74, 6) is -1.69. The molecule has 0 bridgehead atoms. The minimum atomic E-state index is -0.741. The first-order valence-electron chi connectivity index (χ1n) is 8.81. The highest BCUT2D eigenvalue weighted by atomic mass is 79.9. The Morgan fingerprint density at radius 2 is 2.00 bits per heavy atom. The third-order valence-electron chi connectivity index (χ3n) is 4.42. The molecule has 0 unspecified atom stereocenters. The molecule has 2 heterocycles. The molecule has 3 rings (SSSR count). The van der Waals surface area contributed by atoms with E-state index in [1.165, 1.54) is 19.4 Å². The van der Waals surface area contributed by atoms with Gasteiger partial charge in [0.2, 0.25) is 0 Å². The van der Waals surface area contributed by atoms with Gasteiger partial charge in [-0.05, 0) is 47.1 Å². The molecule has 0 saturated carbocycles. The Labute approximate surface area is 179 Å². The van der Waals surface area contributed by atoms with Crippen LogP contribution >= 0.6 is 15.9 Å². The van der Waals surface area contributed by atoms with Crippen molar-refractivity contribution >= 4 is 21.9 Å². The fourth-order valence-corrected chi connectivity index (χ4v) is 3.26. The van der Waals surface area contributed by atoms with Crippen LogP contribution in [0.3, 0.4) is 0 Å². The number of carbonyl (C=O) groups excluding carboxylic acids is 1. The minimum absolute atomic E-state index is 0.146. The SMILES string of the molecule is COC(=O)c1ccc(Cc2c(C)[nH]c(=O)c(Br)c2OCc2ccc(F)cc2F)nc1. The van der Waals surface area contributed by atoms with E-state index in [0.29, 0.717) is 22.5 Å². The van der Waals surface area contributed by atoms with Gasteiger partial charge in [-0.25, -0.2) is 13.6 Å². The molecule has 0 aliphatic heterocycles. The Balaban J connectivity index is 1.91. The summed E-state index contributed by atoms with van der Waals surface area (Å²) in [7, 11) is 1.28. The molecule has 0 aliphatic rings. The summed E-state index contributed by atoms with van der Waals surface area (Å²) in [4.78, 5) is 30.7. The van der Waals surface area contributed by atoms with Crippen LogP contribution in [0.4, 0.5) is 8.78 Å². The van der Waals surface area contributed by atoms with Crippen molar-refractivity contribution in [3.05, 3.63) is 91.1 Å². The van der Waals surface area contributed by atoms with Gasteiger partial charge in [0.1, 0.15) is 28.5 Å². The van der Waals surface area contributed by atoms with Crippen LogP contribution in [-0.2, 0) is 17.8 Å². The molecule has 0 amide bonds. The predicted octanol–water partition coefficient (Wildman–Crippen LogP) is 4.08. The number of hydrogen-bond donors (Lipinski definition) is 1. The number of H-pyrrole nitrogens is 1. The predicted molar refractivity (Wildman–Crippen MR) is 109 cm³/mol. The van der Waals surface area contributed by atoms with Crippen molar-refractivity contribution in [3.8, 4) is 5.75 Å². The Hall–Kier alpha value is -3.07. The third kappa shape index (κ3) is 4.73. The maximum absolute atomic E-state index is 13.9. The van der Waals surface area contributed by atoms with Crippen LogP contribution in [0.15, 0.2) is 45.8 Å². The first-order chi connectivity index (χ1) is 14.3. The summed E-state index contributed by atoms with van der Waals surface area (Å²) < 4.78 is 37.6. The van der Waals surface area contributed by atoms with Gasteiger partial charge in [-0.1, -0.05) is 0 Å². The van der Waals surface area contributed by atoms with E-state index >= 15 is 0 Å². The van der Waals surface area contributed by atoms with Gasteiger partial charge in [-0.15, -0.1) is 0 Å². The van der Waals surface area contributed by atoms with Crippen molar-refractivity contribution in [2.24, 2.45) is 0 Å². The van der Waals surface area contributed by atoms with Crippen LogP contribution in [0.2, 0.25) is 0 Å². The number of nitrogens with zero attached hydrogens (tertiary/aromatic N) is 1. The number of hydrogen-bond acceptors (Lipinski definition) is 5. The van der Waals surface area contributed by atoms with Gasteiger partial charge in [-0.2, -0.15) is 0 Å². The molecule has 0 radical (unpaired) electrons. The van der Waals surface area contributed by atoms with E-state index in [1.54, 1.807) is 19.1 Å². The molecule has 1 N–H and O–H groups in total. The largest absolute Gasteiger partial charge is 0.487 e. The van der Waals surface area contributed by atoms with Gasteiger partial charge in [0.25, 0.3) is 5.56 Å². The Bertz CT molecular complexity index is 1150. The van der Waals surface area contributed by atoms with E-state index in [0.717, 1.165) is 12.1 Å². The molecule has 3 aromatic rings. The van der Waals surface area contributed by atoms with Crippen LogP contribution in [0.25, 0.3) is 0 Å². The quantitative estimate of drug-likeness (QED) is 0.540. The van der Waals surface area contributed by atoms with Crippen molar-refractivity contribution < 1.29 is 23.0 Å². The van der Waals surface area contributed by atoms with E-state index in [1.807, 2.05) is 0 Å². The Morgan fingerprint density at radius 3 is 2.63 bits per heavy atom. The van der Waals surface area contributed by atoms with Gasteiger partial charge >= 0.3 is 5.97 Å². The maximum Gasteiger partial charge on any atom is 0.339 e. The number of rotatable bonds is 6. The lowest BCUT2D eigenvalue weighted by atomic mass is 10.1. The fraction of sp³-hybridized carbons (Fsp3) is 0.190. The first kappa shape index (κ1) is 21.6. The van der Waals surface area contributed by atoms with Gasteiger partial charge in [0.05, 0.1) is 12.7 Å². The molecule has 0 atom stereocenters. The molecular weight excluding hydrogens is 462 g/mol. The standard InChI is InChI=1S/C21H17BrF2N2O4/c1-11-16(8-15-6-4-12(9-25-15)21(28)29-2)19(18(22)20(27)26-11)30-10-13-3-5-14(23)7-17(13)24/h3-7,9H,8,10H2,1-2H3,(H,26,27). The average molecular weight is 479 g/mol. The fourth-order valence-electron chi connectivity index (χ4n) is 2.81. The number of methoxy groups -OCH3 is 1. The molecule has 0 aliphatic carbocycles. The first-order valence-corrected chi connectivity index (χ1v) is 9.60. The highest BCUT2D eigenvalue weighted by Gasteiger charge is 2.18. The molecule has 0 spiro atoms. The zero-order valence-corrected chi connectivity index (χ0v) is 17.7. The number of esters is 1. The zero-order valence-electron chi connectivity index (χ0n) is 16.1. The van der Waals surface area contributed by atoms with Gasteiger partial charge in [0, 0.05) is 41.2 Å². The Kier molecular flexibility index (Phi) is 6.61. The number of halogens is 3. The summed E-state index contributed by atoms with van der Waals surface area (Å²) in [6.07, 6.45) is 1.68. The molecule has 2 aromatic heterocycles. The monoisotopic (exact) mass is 478 g/mol. The van der Waals surface area contributed by atoms with E-state index in [4.69, 9.17) is 4.74 Å². The second-order valence-electron chi connectivity index (χ2n) is 6.43. The second-order valence-corrected chi connectivity index (χ2v) is 7.22. The van der Waals surface area contributed by atoms with Gasteiger partial charge in [-0.3, -0.25) is 9.78 Å². The van der Waals surface area contributed by atoms with E-state index < -0.39 is 23.2 Å². The van der Waals surface area contributed by atoms with E-state index in [-0.39, 0.29) is 28.8 Å². The highest BCUT2D eigenvalue weighted by molar-refractivity contribution is 9.10. The lowest BCUT2D eigenvalue weighted by molar-refractivity contribution is 0.0600. The molecule has 0 fully saturated rings. The molecule has 0 saturated heterocycles. The molecule has 156 valence electrons. The van der Waals surface area contributed by atoms with Crippen LogP contribution in [-0.4, -0.2) is 23.0 Å². The van der Waals surface area contributed by atoms with Crippen LogP contribution < -0.4 is 10.3 Å². The van der Waals surface area contributed by atoms with Crippen LogP contribution in [0.1, 0.15) is 32.9 Å². The Morgan fingerprint density at radius 1 is 1.23 bits per heavy atom. The highest BCUT2D eigenvalue weighted by Crippen LogP contribution is 2.30. The number of benzene rings is 1. The third-order valence-corrected chi connectivity index (χ3v) is 5.14. The molecular formula is C21H17BrF2N2O4. The normalized spacial score (nSPS) is 10.7. The van der Waals surface area contributed by atoms with Crippen molar-refractivity contribution in [2.45, 2.75) is 20.0 Å². The summed E-state index contributed by atoms with van der Waals surface area (Å²) in [6, 6.07) is 6.43. The number of aromatic nitrogens is 2. The van der Waals surface area contributed by atoms with Crippen molar-refractivity contribution in [1.82, 2.24) is 9.97 Å². The number of aryl methyl sites for hydroxylation is 1. The molecule has 6 nitrogen and oxygen atoms in total. The molecule has 1 aromatic carbocycles. The zero-order chi connectivity index (χ0) is 21.8. The van der Waals surface area contributed by atoms with Crippen LogP contribution in [0, 0.1) is 18.6 Å².